The van der Waals surface area contributed by atoms with Crippen LogP contribution in [0, 0.1) is 10.1 Å². The van der Waals surface area contributed by atoms with Crippen LogP contribution in [0.3, 0.4) is 0 Å². The summed E-state index contributed by atoms with van der Waals surface area (Å²) in [6.07, 6.45) is -0.0910. The third-order valence-corrected chi connectivity index (χ3v) is 8.08. The minimum atomic E-state index is -1.26. The summed E-state index contributed by atoms with van der Waals surface area (Å²) in [4.78, 5) is 61.5. The van der Waals surface area contributed by atoms with Crippen molar-refractivity contribution in [2.75, 3.05) is 39.2 Å². The highest BCUT2D eigenvalue weighted by molar-refractivity contribution is 7.99. The molecule has 0 radical (unpaired) electrons. The molecule has 3 aromatic carbocycles. The number of rotatable bonds is 10. The van der Waals surface area contributed by atoms with E-state index in [1.165, 1.54) is 23.9 Å². The van der Waals surface area contributed by atoms with Crippen LogP contribution in [0.5, 0.6) is 5.75 Å². The lowest BCUT2D eigenvalue weighted by Crippen LogP contribution is -2.45. The van der Waals surface area contributed by atoms with E-state index in [1.54, 1.807) is 24.1 Å². The summed E-state index contributed by atoms with van der Waals surface area (Å²) < 4.78 is 11.2. The fourth-order valence-electron chi connectivity index (χ4n) is 4.16. The molecule has 0 saturated heterocycles. The van der Waals surface area contributed by atoms with Gasteiger partial charge in [-0.3, -0.25) is 14.9 Å². The van der Waals surface area contributed by atoms with E-state index in [9.17, 15) is 29.3 Å². The normalized spacial score (nSPS) is 15.8. The summed E-state index contributed by atoms with van der Waals surface area (Å²) in [5.74, 6) is -3.09. The summed E-state index contributed by atoms with van der Waals surface area (Å²) in [6, 6.07) is 18.3. The minimum Gasteiger partial charge on any atom is -0.497 e. The van der Waals surface area contributed by atoms with Crippen molar-refractivity contribution in [1.82, 2.24) is 4.90 Å². The Bertz CT molecular complexity index is 1610. The van der Waals surface area contributed by atoms with E-state index in [0.717, 1.165) is 22.2 Å². The molecule has 0 fully saturated rings. The van der Waals surface area contributed by atoms with Crippen molar-refractivity contribution in [2.45, 2.75) is 16.2 Å². The number of thioether (sulfide) groups is 1. The maximum Gasteiger partial charge on any atom is 0.340 e. The number of esters is 1. The fraction of sp³-hybridized carbons (Fsp3) is 0.226. The third kappa shape index (κ3) is 9.54. The minimum absolute atomic E-state index is 0.0647. The Morgan fingerprint density at radius 2 is 1.67 bits per heavy atom. The van der Waals surface area contributed by atoms with Crippen LogP contribution in [0.1, 0.15) is 21.2 Å². The van der Waals surface area contributed by atoms with Crippen LogP contribution in [-0.4, -0.2) is 84.2 Å². The average molecular weight is 672 g/mol. The molecule has 0 unspecified atom stereocenters. The number of hydrogen-bond acceptors (Lipinski definition) is 10. The number of methoxy groups -OCH3 is 1. The Kier molecular flexibility index (Phi) is 12.7. The van der Waals surface area contributed by atoms with Crippen LogP contribution in [-0.2, 0) is 19.1 Å². The zero-order chi connectivity index (χ0) is 34.0. The molecule has 0 aromatic heterocycles. The van der Waals surface area contributed by atoms with Crippen molar-refractivity contribution >= 4 is 58.6 Å². The van der Waals surface area contributed by atoms with Crippen molar-refractivity contribution in [3.63, 3.8) is 0 Å². The van der Waals surface area contributed by atoms with E-state index in [4.69, 9.17) is 31.3 Å². The number of halogens is 1. The number of ether oxygens (including phenoxy) is 2. The smallest absolute Gasteiger partial charge is 0.340 e. The van der Waals surface area contributed by atoms with E-state index < -0.39 is 34.2 Å². The number of benzene rings is 3. The molecule has 0 saturated carbocycles. The van der Waals surface area contributed by atoms with Crippen molar-refractivity contribution < 1.29 is 43.8 Å². The zero-order valence-electron chi connectivity index (χ0n) is 24.9. The SMILES string of the molecule is COc1ccc([C@@H]2Sc3ccccc3N(CCN(C)C)C(=O)[C@@H]2OC(=O)c2ccc([N+](=O)[O-])cc2Cl)cc1.O=C(O)/C=C/C(=O)O. The first kappa shape index (κ1) is 35.6. The third-order valence-electron chi connectivity index (χ3n) is 6.40. The summed E-state index contributed by atoms with van der Waals surface area (Å²) in [5, 5.41) is 26.0. The number of nitrogens with zero attached hydrogens (tertiary/aromatic N) is 3. The maximum absolute atomic E-state index is 14.1. The Morgan fingerprint density at radius 3 is 2.22 bits per heavy atom. The Morgan fingerprint density at radius 1 is 1.04 bits per heavy atom. The molecule has 4 rings (SSSR count). The van der Waals surface area contributed by atoms with E-state index in [0.29, 0.717) is 31.0 Å². The van der Waals surface area contributed by atoms with Gasteiger partial charge in [-0.05, 0) is 50.0 Å². The van der Waals surface area contributed by atoms with Crippen LogP contribution in [0.25, 0.3) is 0 Å². The Balaban J connectivity index is 0.000000637. The number of likely N-dealkylation sites (N-methyl/N-ethyl adjacent to an activating group) is 1. The molecule has 1 heterocycles. The number of carbonyl (C=O) groups excluding carboxylic acids is 2. The second kappa shape index (κ2) is 16.4. The van der Waals surface area contributed by atoms with E-state index in [1.807, 2.05) is 55.4 Å². The molecule has 0 aliphatic carbocycles. The summed E-state index contributed by atoms with van der Waals surface area (Å²) in [5.41, 5.74) is 1.18. The number of carbonyl (C=O) groups is 4. The number of carboxylic acid groups (broad SMARTS) is 2. The van der Waals surface area contributed by atoms with Crippen LogP contribution < -0.4 is 9.64 Å². The van der Waals surface area contributed by atoms with Gasteiger partial charge in [0.25, 0.3) is 11.6 Å². The van der Waals surface area contributed by atoms with Gasteiger partial charge >= 0.3 is 17.9 Å². The van der Waals surface area contributed by atoms with Gasteiger partial charge in [-0.1, -0.05) is 35.9 Å². The number of non-ortho nitro benzene ring substituents is 1. The first-order valence-corrected chi connectivity index (χ1v) is 14.7. The number of anilines is 1. The number of amides is 1. The first-order chi connectivity index (χ1) is 21.8. The van der Waals surface area contributed by atoms with Crippen LogP contribution in [0.2, 0.25) is 5.02 Å². The van der Waals surface area contributed by atoms with Crippen LogP contribution >= 0.6 is 23.4 Å². The zero-order valence-corrected chi connectivity index (χ0v) is 26.4. The highest BCUT2D eigenvalue weighted by Crippen LogP contribution is 2.47. The number of nitro groups is 1. The van der Waals surface area contributed by atoms with Gasteiger partial charge in [0.1, 0.15) is 5.75 Å². The second-order valence-corrected chi connectivity index (χ2v) is 11.4. The van der Waals surface area contributed by atoms with Gasteiger partial charge in [0.2, 0.25) is 0 Å². The standard InChI is InChI=1S/C27H26ClN3O6S.C4H4O4/c1-29(2)14-15-30-22-6-4-5-7-23(22)38-25(17-8-11-19(36-3)12-9-17)24(26(30)32)37-27(33)20-13-10-18(31(34)35)16-21(20)28;5-3(6)1-2-4(7)8/h4-13,16,24-25H,14-15H2,1-3H3;1-2H,(H,5,6)(H,7,8)/b;2-1+/t24-,25+;/m1./s1. The molecule has 0 spiro atoms. The van der Waals surface area contributed by atoms with Crippen molar-refractivity contribution in [3.05, 3.63) is 105 Å². The predicted molar refractivity (Wildman–Crippen MR) is 171 cm³/mol. The van der Waals surface area contributed by atoms with Gasteiger partial charge < -0.3 is 29.5 Å². The summed E-state index contributed by atoms with van der Waals surface area (Å²) in [7, 11) is 5.39. The molecule has 1 aliphatic rings. The van der Waals surface area contributed by atoms with Crippen LogP contribution in [0.4, 0.5) is 11.4 Å². The van der Waals surface area contributed by atoms with Gasteiger partial charge in [0.15, 0.2) is 6.10 Å². The number of fused-ring (bicyclic) bond motifs is 1. The lowest BCUT2D eigenvalue weighted by molar-refractivity contribution is -0.384. The molecule has 3 aromatic rings. The van der Waals surface area contributed by atoms with Gasteiger partial charge in [-0.15, -0.1) is 11.8 Å². The Labute approximate surface area is 273 Å². The molecule has 1 aliphatic heterocycles. The van der Waals surface area contributed by atoms with Gasteiger partial charge in [-0.25, -0.2) is 14.4 Å². The molecule has 2 N–H and O–H groups in total. The van der Waals surface area contributed by atoms with Gasteiger partial charge in [0.05, 0.1) is 33.6 Å². The fourth-order valence-corrected chi connectivity index (χ4v) is 5.73. The van der Waals surface area contributed by atoms with Crippen molar-refractivity contribution in [3.8, 4) is 5.75 Å². The van der Waals surface area contributed by atoms with Crippen LogP contribution in [0.15, 0.2) is 83.8 Å². The summed E-state index contributed by atoms with van der Waals surface area (Å²) >= 11 is 7.63. The average Bonchev–Trinajstić information content (AvgIpc) is 3.13. The van der Waals surface area contributed by atoms with Crippen molar-refractivity contribution in [2.24, 2.45) is 0 Å². The number of para-hydroxylation sites is 1. The molecule has 0 bridgehead atoms. The topological polar surface area (TPSA) is 177 Å². The Hall–Kier alpha value is -4.92. The molecule has 1 amide bonds. The molecule has 242 valence electrons. The van der Waals surface area contributed by atoms with E-state index >= 15 is 0 Å². The molecule has 2 atom stereocenters. The second-order valence-electron chi connectivity index (χ2n) is 9.83. The highest BCUT2D eigenvalue weighted by Gasteiger charge is 2.41. The van der Waals surface area contributed by atoms with E-state index in [-0.39, 0.29) is 22.2 Å². The number of hydrogen-bond donors (Lipinski definition) is 2. The monoisotopic (exact) mass is 671 g/mol. The van der Waals surface area contributed by atoms with Gasteiger partial charge in [-0.2, -0.15) is 0 Å². The lowest BCUT2D eigenvalue weighted by Gasteiger charge is -2.28. The summed E-state index contributed by atoms with van der Waals surface area (Å²) in [6.45, 7) is 0.970. The highest BCUT2D eigenvalue weighted by atomic mass is 35.5. The molecular weight excluding hydrogens is 642 g/mol. The predicted octanol–water partition coefficient (Wildman–Crippen LogP) is 4.94. The maximum atomic E-state index is 14.1. The molecule has 46 heavy (non-hydrogen) atoms. The molecule has 13 nitrogen and oxygen atoms in total. The number of carboxylic acids is 2. The number of aliphatic carboxylic acids is 2. The van der Waals surface area contributed by atoms with E-state index in [2.05, 4.69) is 0 Å². The molecule has 15 heteroatoms. The number of nitro benzene ring substituents is 1. The quantitative estimate of drug-likeness (QED) is 0.129. The first-order valence-electron chi connectivity index (χ1n) is 13.5. The lowest BCUT2D eigenvalue weighted by atomic mass is 10.0. The largest absolute Gasteiger partial charge is 0.497 e. The van der Waals surface area contributed by atoms with Crippen molar-refractivity contribution in [1.29, 1.82) is 0 Å². The van der Waals surface area contributed by atoms with Gasteiger partial charge in [0, 0.05) is 42.3 Å². The molecular formula is C31H30ClN3O10S.